The summed E-state index contributed by atoms with van der Waals surface area (Å²) < 4.78 is 0. The third-order valence-corrected chi connectivity index (χ3v) is 6.48. The van der Waals surface area contributed by atoms with E-state index in [0.717, 1.165) is 33.4 Å². The Morgan fingerprint density at radius 3 is 2.34 bits per heavy atom. The molecule has 5 rings (SSSR count). The zero-order chi connectivity index (χ0) is 26.6. The second-order valence-electron chi connectivity index (χ2n) is 9.17. The lowest BCUT2D eigenvalue weighted by molar-refractivity contribution is -0.137. The molecule has 0 amide bonds. The molecule has 0 spiro atoms. The van der Waals surface area contributed by atoms with E-state index in [1.807, 2.05) is 84.9 Å². The van der Waals surface area contributed by atoms with E-state index in [0.29, 0.717) is 6.54 Å². The minimum atomic E-state index is -1.11. The van der Waals surface area contributed by atoms with E-state index in [9.17, 15) is 19.5 Å². The Morgan fingerprint density at radius 1 is 0.895 bits per heavy atom. The number of carboxylic acids is 1. The van der Waals surface area contributed by atoms with Gasteiger partial charge in [0.1, 0.15) is 23.2 Å². The Kier molecular flexibility index (Phi) is 6.86. The maximum atomic E-state index is 12.3. The van der Waals surface area contributed by atoms with Crippen LogP contribution in [-0.2, 0) is 17.8 Å². The van der Waals surface area contributed by atoms with E-state index in [4.69, 9.17) is 0 Å². The summed E-state index contributed by atoms with van der Waals surface area (Å²) in [4.78, 5) is 42.8. The predicted octanol–water partition coefficient (Wildman–Crippen LogP) is 4.32. The molecule has 0 aliphatic carbocycles. The Hall–Kier alpha value is -4.98. The molecule has 38 heavy (non-hydrogen) atoms. The van der Waals surface area contributed by atoms with Crippen LogP contribution in [0.5, 0.6) is 0 Å². The first kappa shape index (κ1) is 24.7. The van der Waals surface area contributed by atoms with Crippen molar-refractivity contribution in [3.63, 3.8) is 0 Å². The molecule has 4 aromatic carbocycles. The van der Waals surface area contributed by atoms with Gasteiger partial charge in [-0.3, -0.25) is 9.59 Å². The van der Waals surface area contributed by atoms with Crippen LogP contribution in [0.3, 0.4) is 0 Å². The number of nitrogens with one attached hydrogen (secondary N) is 2. The molecule has 1 heterocycles. The lowest BCUT2D eigenvalue weighted by Gasteiger charge is -2.25. The fourth-order valence-corrected chi connectivity index (χ4v) is 4.50. The number of nitrogens with zero attached hydrogens (tertiary/aromatic N) is 2. The maximum Gasteiger partial charge on any atom is 0.326 e. The number of rotatable bonds is 10. The van der Waals surface area contributed by atoms with Crippen LogP contribution in [0.1, 0.15) is 11.1 Å². The van der Waals surface area contributed by atoms with Gasteiger partial charge in [-0.2, -0.15) is 0 Å². The van der Waals surface area contributed by atoms with Gasteiger partial charge >= 0.3 is 5.97 Å². The van der Waals surface area contributed by atoms with Crippen molar-refractivity contribution in [1.82, 2.24) is 4.98 Å². The van der Waals surface area contributed by atoms with Crippen LogP contribution in [0.15, 0.2) is 101 Å². The molecule has 1 unspecified atom stereocenters. The zero-order valence-corrected chi connectivity index (χ0v) is 20.7. The summed E-state index contributed by atoms with van der Waals surface area (Å²) >= 11 is 0. The van der Waals surface area contributed by atoms with Crippen molar-refractivity contribution < 1.29 is 9.90 Å². The summed E-state index contributed by atoms with van der Waals surface area (Å²) in [7, 11) is 1.71. The Morgan fingerprint density at radius 2 is 1.61 bits per heavy atom. The molecule has 0 saturated carbocycles. The fraction of sp³-hybridized carbons (Fsp3) is 0.133. The number of aromatic nitrogens is 1. The van der Waals surface area contributed by atoms with Crippen LogP contribution < -0.4 is 26.4 Å². The van der Waals surface area contributed by atoms with Gasteiger partial charge in [-0.05, 0) is 34.7 Å². The molecule has 1 atom stereocenters. The Balaban J connectivity index is 1.29. The molecule has 0 bridgehead atoms. The minimum absolute atomic E-state index is 0.0427. The van der Waals surface area contributed by atoms with Crippen molar-refractivity contribution in [3.05, 3.63) is 123 Å². The number of hydrogen-bond acceptors (Lipinski definition) is 7. The standard InChI is InChI=1S/C30H26N4O4/c1-34(18-20-7-3-2-4-8-20)26-25(27(35)28(26)36)33-24(30(37)38)17-19-11-13-22(14-12-19)32-29-23-10-6-5-9-21(23)15-16-31-29/h2-16,24,33H,17-18H2,1H3,(H,31,32)(H,37,38). The number of carbonyl (C=O) groups is 1. The smallest absolute Gasteiger partial charge is 0.326 e. The normalized spacial score (nSPS) is 11.8. The highest BCUT2D eigenvalue weighted by Gasteiger charge is 2.28. The number of aliphatic carboxylic acids is 1. The van der Waals surface area contributed by atoms with Gasteiger partial charge in [-0.25, -0.2) is 9.78 Å². The molecule has 0 radical (unpaired) electrons. The first-order chi connectivity index (χ1) is 18.4. The van der Waals surface area contributed by atoms with E-state index < -0.39 is 22.9 Å². The summed E-state index contributed by atoms with van der Waals surface area (Å²) in [5.41, 5.74) is 1.47. The van der Waals surface area contributed by atoms with E-state index in [2.05, 4.69) is 15.6 Å². The largest absolute Gasteiger partial charge is 0.480 e. The van der Waals surface area contributed by atoms with Crippen LogP contribution in [0, 0.1) is 0 Å². The molecule has 8 heteroatoms. The molecule has 0 saturated heterocycles. The summed E-state index contributed by atoms with van der Waals surface area (Å²) in [6.45, 7) is 0.415. The SMILES string of the molecule is CN(Cc1ccccc1)c1c(NC(Cc2ccc(Nc3nccc4ccccc34)cc2)C(=O)O)c(=O)c1=O. The third kappa shape index (κ3) is 5.10. The van der Waals surface area contributed by atoms with Crippen molar-refractivity contribution in [1.29, 1.82) is 0 Å². The van der Waals surface area contributed by atoms with Gasteiger partial charge in [0.15, 0.2) is 0 Å². The Bertz CT molecular complexity index is 1650. The average molecular weight is 507 g/mol. The van der Waals surface area contributed by atoms with Crippen LogP contribution in [0.4, 0.5) is 22.9 Å². The molecular weight excluding hydrogens is 480 g/mol. The van der Waals surface area contributed by atoms with Gasteiger partial charge in [-0.1, -0.05) is 66.7 Å². The lowest BCUT2D eigenvalue weighted by atomic mass is 10.0. The predicted molar refractivity (Wildman–Crippen MR) is 150 cm³/mol. The molecule has 0 aliphatic heterocycles. The number of anilines is 4. The summed E-state index contributed by atoms with van der Waals surface area (Å²) in [6, 6.07) is 25.7. The second kappa shape index (κ2) is 10.6. The zero-order valence-electron chi connectivity index (χ0n) is 20.7. The van der Waals surface area contributed by atoms with Gasteiger partial charge in [0.2, 0.25) is 0 Å². The lowest BCUT2D eigenvalue weighted by Crippen LogP contribution is -2.44. The highest BCUT2D eigenvalue weighted by molar-refractivity contribution is 5.93. The number of fused-ring (bicyclic) bond motifs is 1. The van der Waals surface area contributed by atoms with Crippen molar-refractivity contribution in [2.75, 3.05) is 22.6 Å². The highest BCUT2D eigenvalue weighted by Crippen LogP contribution is 2.25. The van der Waals surface area contributed by atoms with E-state index in [1.54, 1.807) is 18.1 Å². The monoisotopic (exact) mass is 506 g/mol. The van der Waals surface area contributed by atoms with Crippen LogP contribution >= 0.6 is 0 Å². The van der Waals surface area contributed by atoms with E-state index in [1.165, 1.54) is 0 Å². The molecule has 8 nitrogen and oxygen atoms in total. The van der Waals surface area contributed by atoms with Crippen LogP contribution in [-0.4, -0.2) is 29.1 Å². The van der Waals surface area contributed by atoms with Crippen molar-refractivity contribution in [2.24, 2.45) is 0 Å². The van der Waals surface area contributed by atoms with E-state index in [-0.39, 0.29) is 17.8 Å². The van der Waals surface area contributed by atoms with Gasteiger partial charge in [0.25, 0.3) is 10.9 Å². The molecule has 0 fully saturated rings. The molecule has 5 aromatic rings. The first-order valence-corrected chi connectivity index (χ1v) is 12.2. The van der Waals surface area contributed by atoms with Gasteiger partial charge in [0, 0.05) is 37.3 Å². The number of benzene rings is 3. The highest BCUT2D eigenvalue weighted by atomic mass is 16.4. The quantitative estimate of drug-likeness (QED) is 0.240. The molecule has 190 valence electrons. The van der Waals surface area contributed by atoms with Crippen molar-refractivity contribution in [2.45, 2.75) is 19.0 Å². The van der Waals surface area contributed by atoms with Crippen LogP contribution in [0.2, 0.25) is 0 Å². The van der Waals surface area contributed by atoms with E-state index >= 15 is 0 Å². The first-order valence-electron chi connectivity index (χ1n) is 12.2. The minimum Gasteiger partial charge on any atom is -0.480 e. The number of pyridine rings is 1. The van der Waals surface area contributed by atoms with Gasteiger partial charge in [-0.15, -0.1) is 0 Å². The molecule has 3 N–H and O–H groups in total. The maximum absolute atomic E-state index is 12.3. The molecule has 1 aromatic heterocycles. The summed E-state index contributed by atoms with van der Waals surface area (Å²) in [5, 5.41) is 18.0. The summed E-state index contributed by atoms with van der Waals surface area (Å²) in [5.74, 6) is -0.384. The third-order valence-electron chi connectivity index (χ3n) is 6.48. The number of hydrogen-bond donors (Lipinski definition) is 3. The Labute approximate surface area is 218 Å². The van der Waals surface area contributed by atoms with Crippen molar-refractivity contribution >= 4 is 39.6 Å². The molecule has 0 aliphatic rings. The van der Waals surface area contributed by atoms with Gasteiger partial charge in [0.05, 0.1) is 0 Å². The van der Waals surface area contributed by atoms with Crippen LogP contribution in [0.25, 0.3) is 10.8 Å². The molecular formula is C30H26N4O4. The second-order valence-corrected chi connectivity index (χ2v) is 9.17. The van der Waals surface area contributed by atoms with Gasteiger partial charge < -0.3 is 20.6 Å². The number of carboxylic acid groups (broad SMARTS) is 1. The van der Waals surface area contributed by atoms with Crippen molar-refractivity contribution in [3.8, 4) is 0 Å². The average Bonchev–Trinajstić information content (AvgIpc) is 2.93. The topological polar surface area (TPSA) is 112 Å². The fourth-order valence-electron chi connectivity index (χ4n) is 4.50. The summed E-state index contributed by atoms with van der Waals surface area (Å²) in [6.07, 6.45) is 1.87.